The lowest BCUT2D eigenvalue weighted by Gasteiger charge is -2.09. The number of hydrogen-bond donors (Lipinski definition) is 1. The van der Waals surface area contributed by atoms with Crippen LogP contribution < -0.4 is 5.32 Å². The number of nitrogens with zero attached hydrogens (tertiary/aromatic N) is 3. The predicted octanol–water partition coefficient (Wildman–Crippen LogP) is 1.48. The summed E-state index contributed by atoms with van der Waals surface area (Å²) in [5.41, 5.74) is 1.15. The van der Waals surface area contributed by atoms with Gasteiger partial charge in [-0.15, -0.1) is 5.10 Å². The van der Waals surface area contributed by atoms with E-state index in [0.29, 0.717) is 0 Å². The molecule has 4 nitrogen and oxygen atoms in total. The highest BCUT2D eigenvalue weighted by Crippen LogP contribution is 2.26. The molecule has 0 saturated heterocycles. The van der Waals surface area contributed by atoms with Gasteiger partial charge in [-0.25, -0.2) is 0 Å². The molecule has 1 aromatic rings. The van der Waals surface area contributed by atoms with Crippen LogP contribution in [0.25, 0.3) is 0 Å². The molecule has 1 fully saturated rings. The summed E-state index contributed by atoms with van der Waals surface area (Å²) in [6.45, 7) is 2.01. The molecule has 15 heavy (non-hydrogen) atoms. The van der Waals surface area contributed by atoms with E-state index in [0.717, 1.165) is 24.7 Å². The zero-order valence-electron chi connectivity index (χ0n) is 9.45. The topological polar surface area (TPSA) is 42.7 Å². The maximum Gasteiger partial charge on any atom is 0.0738 e. The molecule has 1 aromatic heterocycles. The first-order valence-electron chi connectivity index (χ1n) is 5.90. The van der Waals surface area contributed by atoms with Gasteiger partial charge in [0.15, 0.2) is 0 Å². The monoisotopic (exact) mass is 208 g/mol. The van der Waals surface area contributed by atoms with Crippen molar-refractivity contribution in [1.29, 1.82) is 0 Å². The highest BCUT2D eigenvalue weighted by molar-refractivity contribution is 4.92. The second kappa shape index (κ2) is 5.26. The summed E-state index contributed by atoms with van der Waals surface area (Å²) in [5.74, 6) is 0.974. The largest absolute Gasteiger partial charge is 0.311 e. The minimum Gasteiger partial charge on any atom is -0.311 e. The van der Waals surface area contributed by atoms with Crippen LogP contribution in [0.3, 0.4) is 0 Å². The maximum atomic E-state index is 3.90. The van der Waals surface area contributed by atoms with E-state index in [9.17, 15) is 0 Å². The molecular weight excluding hydrogens is 188 g/mol. The quantitative estimate of drug-likeness (QED) is 0.745. The number of nitrogens with one attached hydrogen (secondary N) is 1. The minimum absolute atomic E-state index is 0.885. The molecule has 0 unspecified atom stereocenters. The van der Waals surface area contributed by atoms with Crippen LogP contribution in [0.1, 0.15) is 37.8 Å². The number of aryl methyl sites for hydroxylation is 1. The fraction of sp³-hybridized carbons (Fsp3) is 0.818. The van der Waals surface area contributed by atoms with Crippen LogP contribution in [0.4, 0.5) is 0 Å². The summed E-state index contributed by atoms with van der Waals surface area (Å²) in [6, 6.07) is 0. The average molecular weight is 208 g/mol. The third kappa shape index (κ3) is 3.02. The van der Waals surface area contributed by atoms with Crippen molar-refractivity contribution in [3.05, 3.63) is 11.9 Å². The lowest BCUT2D eigenvalue weighted by molar-refractivity contribution is 0.473. The molecule has 84 valence electrons. The third-order valence-corrected chi connectivity index (χ3v) is 3.32. The standard InChI is InChI=1S/C11H20N4/c1-15-11(9-13-14-15)8-12-7-6-10-4-2-3-5-10/h9-10,12H,2-8H2,1H3. The molecule has 0 aromatic carbocycles. The van der Waals surface area contributed by atoms with Gasteiger partial charge in [0.2, 0.25) is 0 Å². The smallest absolute Gasteiger partial charge is 0.0738 e. The fourth-order valence-electron chi connectivity index (χ4n) is 2.29. The van der Waals surface area contributed by atoms with Crippen LogP contribution in [0.15, 0.2) is 6.20 Å². The molecule has 2 rings (SSSR count). The molecule has 0 radical (unpaired) electrons. The summed E-state index contributed by atoms with van der Waals surface area (Å²) < 4.78 is 1.82. The molecule has 1 aliphatic rings. The molecule has 1 heterocycles. The molecule has 0 amide bonds. The fourth-order valence-corrected chi connectivity index (χ4v) is 2.29. The van der Waals surface area contributed by atoms with Crippen molar-refractivity contribution < 1.29 is 0 Å². The van der Waals surface area contributed by atoms with Crippen molar-refractivity contribution in [2.45, 2.75) is 38.6 Å². The van der Waals surface area contributed by atoms with Gasteiger partial charge in [0.1, 0.15) is 0 Å². The van der Waals surface area contributed by atoms with Crippen LogP contribution in [0.5, 0.6) is 0 Å². The lowest BCUT2D eigenvalue weighted by atomic mass is 10.0. The molecule has 0 atom stereocenters. The number of rotatable bonds is 5. The van der Waals surface area contributed by atoms with Crippen molar-refractivity contribution in [2.75, 3.05) is 6.54 Å². The Bertz CT molecular complexity index is 289. The normalized spacial score (nSPS) is 17.4. The Morgan fingerprint density at radius 1 is 1.47 bits per heavy atom. The van der Waals surface area contributed by atoms with Gasteiger partial charge in [-0.2, -0.15) is 0 Å². The molecule has 0 spiro atoms. The SMILES string of the molecule is Cn1nncc1CNCCC1CCCC1. The first kappa shape index (κ1) is 10.6. The summed E-state index contributed by atoms with van der Waals surface area (Å²) >= 11 is 0. The van der Waals surface area contributed by atoms with Crippen LogP contribution in [-0.4, -0.2) is 21.5 Å². The van der Waals surface area contributed by atoms with Crippen LogP contribution in [-0.2, 0) is 13.6 Å². The van der Waals surface area contributed by atoms with E-state index < -0.39 is 0 Å². The van der Waals surface area contributed by atoms with Gasteiger partial charge in [-0.1, -0.05) is 30.9 Å². The van der Waals surface area contributed by atoms with Crippen LogP contribution in [0.2, 0.25) is 0 Å². The van der Waals surface area contributed by atoms with Gasteiger partial charge in [0, 0.05) is 13.6 Å². The highest BCUT2D eigenvalue weighted by atomic mass is 15.4. The zero-order valence-corrected chi connectivity index (χ0v) is 9.45. The minimum atomic E-state index is 0.885. The summed E-state index contributed by atoms with van der Waals surface area (Å²) in [4.78, 5) is 0. The Labute approximate surface area is 91.1 Å². The second-order valence-electron chi connectivity index (χ2n) is 4.46. The van der Waals surface area contributed by atoms with Gasteiger partial charge in [-0.05, 0) is 18.9 Å². The van der Waals surface area contributed by atoms with Gasteiger partial charge in [-0.3, -0.25) is 4.68 Å². The van der Waals surface area contributed by atoms with Crippen molar-refractivity contribution in [3.63, 3.8) is 0 Å². The Morgan fingerprint density at radius 2 is 2.27 bits per heavy atom. The zero-order chi connectivity index (χ0) is 10.5. The first-order chi connectivity index (χ1) is 7.36. The molecule has 1 saturated carbocycles. The summed E-state index contributed by atoms with van der Waals surface area (Å²) in [6.07, 6.45) is 8.91. The van der Waals surface area contributed by atoms with E-state index in [-0.39, 0.29) is 0 Å². The van der Waals surface area contributed by atoms with E-state index in [1.54, 1.807) is 0 Å². The Morgan fingerprint density at radius 3 is 2.93 bits per heavy atom. The van der Waals surface area contributed by atoms with Gasteiger partial charge in [0.25, 0.3) is 0 Å². The third-order valence-electron chi connectivity index (χ3n) is 3.32. The van der Waals surface area contributed by atoms with E-state index in [1.807, 2.05) is 17.9 Å². The molecule has 1 N–H and O–H groups in total. The highest BCUT2D eigenvalue weighted by Gasteiger charge is 2.13. The Hall–Kier alpha value is -0.900. The Balaban J connectivity index is 1.60. The van der Waals surface area contributed by atoms with Crippen LogP contribution >= 0.6 is 0 Å². The Kier molecular flexibility index (Phi) is 3.72. The number of aromatic nitrogens is 3. The number of hydrogen-bond acceptors (Lipinski definition) is 3. The van der Waals surface area contributed by atoms with Crippen molar-refractivity contribution >= 4 is 0 Å². The summed E-state index contributed by atoms with van der Waals surface area (Å²) in [5, 5.41) is 11.2. The summed E-state index contributed by atoms with van der Waals surface area (Å²) in [7, 11) is 1.93. The van der Waals surface area contributed by atoms with Gasteiger partial charge >= 0.3 is 0 Å². The first-order valence-corrected chi connectivity index (χ1v) is 5.90. The van der Waals surface area contributed by atoms with E-state index >= 15 is 0 Å². The lowest BCUT2D eigenvalue weighted by Crippen LogP contribution is -2.18. The van der Waals surface area contributed by atoms with Gasteiger partial charge in [0.05, 0.1) is 11.9 Å². The molecular formula is C11H20N4. The van der Waals surface area contributed by atoms with Crippen molar-refractivity contribution in [1.82, 2.24) is 20.3 Å². The van der Waals surface area contributed by atoms with Gasteiger partial charge < -0.3 is 5.32 Å². The van der Waals surface area contributed by atoms with E-state index in [2.05, 4.69) is 15.6 Å². The van der Waals surface area contributed by atoms with E-state index in [4.69, 9.17) is 0 Å². The van der Waals surface area contributed by atoms with Crippen molar-refractivity contribution in [2.24, 2.45) is 13.0 Å². The molecule has 0 aliphatic heterocycles. The van der Waals surface area contributed by atoms with E-state index in [1.165, 1.54) is 32.1 Å². The maximum absolute atomic E-state index is 3.90. The average Bonchev–Trinajstić information content (AvgIpc) is 2.85. The molecule has 4 heteroatoms. The molecule has 0 bridgehead atoms. The van der Waals surface area contributed by atoms with Crippen LogP contribution in [0, 0.1) is 5.92 Å². The molecule has 1 aliphatic carbocycles. The second-order valence-corrected chi connectivity index (χ2v) is 4.46. The van der Waals surface area contributed by atoms with Crippen molar-refractivity contribution in [3.8, 4) is 0 Å². The predicted molar refractivity (Wildman–Crippen MR) is 59.3 cm³/mol.